The number of rotatable bonds is 15. The second-order valence-electron chi connectivity index (χ2n) is 11.6. The van der Waals surface area contributed by atoms with Crippen molar-refractivity contribution in [1.29, 1.82) is 0 Å². The van der Waals surface area contributed by atoms with Crippen molar-refractivity contribution in [3.8, 4) is 0 Å². The molecule has 1 aliphatic rings. The topological polar surface area (TPSA) is 123 Å². The fourth-order valence-corrected chi connectivity index (χ4v) is 6.71. The van der Waals surface area contributed by atoms with E-state index in [9.17, 15) is 18.0 Å². The quantitative estimate of drug-likeness (QED) is 0.163. The van der Waals surface area contributed by atoms with Gasteiger partial charge in [0.05, 0.1) is 30.8 Å². The summed E-state index contributed by atoms with van der Waals surface area (Å²) < 4.78 is 47.3. The van der Waals surface area contributed by atoms with Crippen molar-refractivity contribution in [2.45, 2.75) is 62.4 Å². The van der Waals surface area contributed by atoms with Crippen molar-refractivity contribution in [3.63, 3.8) is 0 Å². The minimum atomic E-state index is -4.19. The first-order valence-corrected chi connectivity index (χ1v) is 17.9. The van der Waals surface area contributed by atoms with Gasteiger partial charge in [0.25, 0.3) is 15.9 Å². The number of halogens is 1. The van der Waals surface area contributed by atoms with Crippen LogP contribution in [0.4, 0.5) is 4.79 Å². The highest BCUT2D eigenvalue weighted by Gasteiger charge is 2.50. The molecule has 1 heterocycles. The molecule has 49 heavy (non-hydrogen) atoms. The van der Waals surface area contributed by atoms with E-state index in [-0.39, 0.29) is 37.2 Å². The van der Waals surface area contributed by atoms with E-state index < -0.39 is 40.4 Å². The van der Waals surface area contributed by atoms with E-state index in [4.69, 9.17) is 25.8 Å². The molecule has 1 fully saturated rings. The van der Waals surface area contributed by atoms with Crippen LogP contribution in [-0.4, -0.2) is 62.7 Å². The Hall–Kier alpha value is -4.26. The van der Waals surface area contributed by atoms with Gasteiger partial charge < -0.3 is 24.4 Å². The van der Waals surface area contributed by atoms with Crippen molar-refractivity contribution in [2.24, 2.45) is 0 Å². The Morgan fingerprint density at radius 1 is 0.735 bits per heavy atom. The average Bonchev–Trinajstić information content (AvgIpc) is 3.11. The van der Waals surface area contributed by atoms with Gasteiger partial charge in [-0.15, -0.1) is 0 Å². The highest BCUT2D eigenvalue weighted by atomic mass is 35.5. The van der Waals surface area contributed by atoms with E-state index in [1.165, 1.54) is 24.3 Å². The summed E-state index contributed by atoms with van der Waals surface area (Å²) in [6, 6.07) is 32.5. The van der Waals surface area contributed by atoms with E-state index in [2.05, 4.69) is 5.32 Å². The number of piperidine rings is 1. The molecule has 1 aliphatic heterocycles. The summed E-state index contributed by atoms with van der Waals surface area (Å²) in [5.41, 5.74) is 2.70. The lowest BCUT2D eigenvalue weighted by Crippen LogP contribution is -2.68. The molecule has 4 aromatic rings. The van der Waals surface area contributed by atoms with Crippen molar-refractivity contribution in [1.82, 2.24) is 14.9 Å². The van der Waals surface area contributed by atoms with E-state index in [0.29, 0.717) is 18.0 Å². The first-order valence-electron chi connectivity index (χ1n) is 16.1. The van der Waals surface area contributed by atoms with Gasteiger partial charge in [-0.2, -0.15) is 0 Å². The number of nitrogens with one attached hydrogen (secondary N) is 2. The number of amides is 3. The van der Waals surface area contributed by atoms with Gasteiger partial charge in [-0.05, 0) is 47.4 Å². The molecule has 0 spiro atoms. The summed E-state index contributed by atoms with van der Waals surface area (Å²) in [5.74, 6) is -0.309. The number of hydrogen-bond donors (Lipinski definition) is 2. The lowest BCUT2D eigenvalue weighted by atomic mass is 9.91. The van der Waals surface area contributed by atoms with Crippen LogP contribution < -0.4 is 10.0 Å². The molecule has 0 saturated carbocycles. The Bertz CT molecular complexity index is 1750. The number of carbonyl (C=O) groups is 2. The molecule has 12 heteroatoms. The monoisotopic (exact) mass is 705 g/mol. The zero-order valence-corrected chi connectivity index (χ0v) is 28.7. The van der Waals surface area contributed by atoms with E-state index >= 15 is 0 Å². The van der Waals surface area contributed by atoms with Crippen LogP contribution in [0.15, 0.2) is 120 Å². The number of carbonyl (C=O) groups excluding carboxylic acids is 2. The van der Waals surface area contributed by atoms with Gasteiger partial charge in [0, 0.05) is 18.1 Å². The molecule has 2 N–H and O–H groups in total. The number of nitrogens with zero attached hydrogens (tertiary/aromatic N) is 1. The minimum absolute atomic E-state index is 0.121. The third kappa shape index (κ3) is 9.90. The number of sulfonamides is 1. The summed E-state index contributed by atoms with van der Waals surface area (Å²) in [6.45, 7) is 2.72. The molecule has 0 aromatic heterocycles. The van der Waals surface area contributed by atoms with Crippen LogP contribution in [0.1, 0.15) is 30.0 Å². The van der Waals surface area contributed by atoms with Crippen LogP contribution in [0.3, 0.4) is 0 Å². The second-order valence-corrected chi connectivity index (χ2v) is 13.7. The third-order valence-electron chi connectivity index (χ3n) is 8.06. The molecule has 4 aromatic carbocycles. The fourth-order valence-electron chi connectivity index (χ4n) is 5.66. The molecule has 0 aliphatic carbocycles. The van der Waals surface area contributed by atoms with Crippen molar-refractivity contribution in [2.75, 3.05) is 13.1 Å². The van der Waals surface area contributed by atoms with Gasteiger partial charge in [-0.1, -0.05) is 110 Å². The van der Waals surface area contributed by atoms with Crippen LogP contribution in [0, 0.1) is 0 Å². The molecule has 10 nitrogen and oxygen atoms in total. The molecule has 4 atom stereocenters. The van der Waals surface area contributed by atoms with Crippen molar-refractivity contribution < 1.29 is 32.2 Å². The number of hydrogen-bond acceptors (Lipinski definition) is 7. The maximum atomic E-state index is 14.3. The van der Waals surface area contributed by atoms with E-state index in [1.807, 2.05) is 103 Å². The Labute approximate surface area is 292 Å². The summed E-state index contributed by atoms with van der Waals surface area (Å²) in [4.78, 5) is 28.9. The Morgan fingerprint density at radius 2 is 1.22 bits per heavy atom. The Morgan fingerprint density at radius 3 is 1.73 bits per heavy atom. The van der Waals surface area contributed by atoms with Gasteiger partial charge in [-0.3, -0.25) is 4.79 Å². The molecule has 0 unspecified atom stereocenters. The van der Waals surface area contributed by atoms with Crippen LogP contribution in [0.25, 0.3) is 0 Å². The smallest absolute Gasteiger partial charge is 0.328 e. The Kier molecular flexibility index (Phi) is 12.8. The molecule has 0 bridgehead atoms. The van der Waals surface area contributed by atoms with Crippen LogP contribution in [-0.2, 0) is 48.8 Å². The predicted molar refractivity (Wildman–Crippen MR) is 186 cm³/mol. The first-order chi connectivity index (χ1) is 23.7. The molecule has 3 amide bonds. The van der Waals surface area contributed by atoms with Crippen molar-refractivity contribution >= 4 is 33.6 Å². The average molecular weight is 706 g/mol. The van der Waals surface area contributed by atoms with Gasteiger partial charge >= 0.3 is 6.03 Å². The summed E-state index contributed by atoms with van der Waals surface area (Å²) in [5, 5.41) is 3.03. The number of benzene rings is 4. The predicted octanol–water partition coefficient (Wildman–Crippen LogP) is 5.70. The lowest BCUT2D eigenvalue weighted by Gasteiger charge is -2.48. The highest BCUT2D eigenvalue weighted by molar-refractivity contribution is 7.90. The zero-order valence-electron chi connectivity index (χ0n) is 27.1. The van der Waals surface area contributed by atoms with Crippen LogP contribution in [0.2, 0.25) is 5.02 Å². The normalized spacial score (nSPS) is 19.4. The molecule has 258 valence electrons. The van der Waals surface area contributed by atoms with Gasteiger partial charge in [0.15, 0.2) is 6.10 Å². The van der Waals surface area contributed by atoms with Crippen LogP contribution in [0.5, 0.6) is 0 Å². The molecule has 5 rings (SSSR count). The summed E-state index contributed by atoms with van der Waals surface area (Å²) >= 11 is 5.91. The maximum absolute atomic E-state index is 14.3. The maximum Gasteiger partial charge on any atom is 0.328 e. The van der Waals surface area contributed by atoms with E-state index in [0.717, 1.165) is 16.7 Å². The number of likely N-dealkylation sites (tertiary alicyclic amines) is 1. The molecule has 1 saturated heterocycles. The summed E-state index contributed by atoms with van der Waals surface area (Å²) in [6.07, 6.45) is -2.05. The van der Waals surface area contributed by atoms with E-state index in [1.54, 1.807) is 4.90 Å². The highest BCUT2D eigenvalue weighted by Crippen LogP contribution is 2.30. The SMILES string of the molecule is CCCN1C(=O)[C@H](OCc2ccccc2)[C@H](OCc2ccccc2)[C@H](OCc2ccccc2)[C@H]1CNC(=O)NS(=O)(=O)c1ccc(Cl)cc1. The standard InChI is InChI=1S/C37H40ClN3O7S/c1-2-22-41-32(23-39-37(43)40-49(44,45)31-20-18-30(38)19-21-31)33(46-24-27-12-6-3-7-13-27)34(47-25-28-14-8-4-9-15-28)35(36(41)42)48-26-29-16-10-5-11-17-29/h3-21,32-35H,2,22-26H2,1H3,(H2,39,40,43)/t32-,33-,34-,35-/m1/s1. The second kappa shape index (κ2) is 17.4. The zero-order chi connectivity index (χ0) is 34.6. The molecule has 0 radical (unpaired) electrons. The van der Waals surface area contributed by atoms with Gasteiger partial charge in [0.2, 0.25) is 0 Å². The van der Waals surface area contributed by atoms with Gasteiger partial charge in [-0.25, -0.2) is 17.9 Å². The third-order valence-corrected chi connectivity index (χ3v) is 9.66. The van der Waals surface area contributed by atoms with Crippen LogP contribution >= 0.6 is 11.6 Å². The fraction of sp³-hybridized carbons (Fsp3) is 0.297. The number of ether oxygens (including phenoxy) is 3. The lowest BCUT2D eigenvalue weighted by molar-refractivity contribution is -0.208. The number of urea groups is 1. The summed E-state index contributed by atoms with van der Waals surface area (Å²) in [7, 11) is -4.19. The molecular formula is C37H40ClN3O7S. The molecular weight excluding hydrogens is 666 g/mol. The Balaban J connectivity index is 1.44. The minimum Gasteiger partial charge on any atom is -0.368 e. The largest absolute Gasteiger partial charge is 0.368 e. The van der Waals surface area contributed by atoms with Crippen molar-refractivity contribution in [3.05, 3.63) is 137 Å². The first kappa shape index (κ1) is 36.0. The van der Waals surface area contributed by atoms with Gasteiger partial charge in [0.1, 0.15) is 12.2 Å².